The van der Waals surface area contributed by atoms with Crippen LogP contribution in [0.1, 0.15) is 36.0 Å². The van der Waals surface area contributed by atoms with Crippen molar-refractivity contribution in [2.45, 2.75) is 42.4 Å². The topological polar surface area (TPSA) is 0 Å². The Hall–Kier alpha value is -1.21. The van der Waals surface area contributed by atoms with Gasteiger partial charge in [-0.25, -0.2) is 0 Å². The average Bonchev–Trinajstić information content (AvgIpc) is 2.54. The second kappa shape index (κ2) is 4.81. The first-order chi connectivity index (χ1) is 8.78. The first-order valence-corrected chi connectivity index (χ1v) is 7.46. The van der Waals surface area contributed by atoms with Crippen molar-refractivity contribution in [1.82, 2.24) is 0 Å². The molecule has 0 radical (unpaired) electrons. The molecule has 1 heteroatoms. The summed E-state index contributed by atoms with van der Waals surface area (Å²) in [7, 11) is 0. The van der Waals surface area contributed by atoms with Gasteiger partial charge in [-0.3, -0.25) is 0 Å². The van der Waals surface area contributed by atoms with Gasteiger partial charge in [0.25, 0.3) is 0 Å². The molecule has 0 aliphatic carbocycles. The van der Waals surface area contributed by atoms with Crippen molar-refractivity contribution in [3.63, 3.8) is 0 Å². The monoisotopic (exact) mass is 254 g/mol. The Morgan fingerprint density at radius 2 is 1.94 bits per heavy atom. The number of aryl methyl sites for hydroxylation is 1. The van der Waals surface area contributed by atoms with Crippen LogP contribution in [0.15, 0.2) is 52.3 Å². The van der Waals surface area contributed by atoms with Crippen molar-refractivity contribution in [2.75, 3.05) is 0 Å². The van der Waals surface area contributed by atoms with E-state index in [1.807, 2.05) is 11.8 Å². The highest BCUT2D eigenvalue weighted by Gasteiger charge is 2.21. The molecule has 0 amide bonds. The quantitative estimate of drug-likeness (QED) is 0.674. The normalized spacial score (nSPS) is 17.8. The molecule has 0 N–H and O–H groups in total. The smallest absolute Gasteiger partial charge is 0.0157 e. The zero-order valence-electron chi connectivity index (χ0n) is 10.9. The van der Waals surface area contributed by atoms with E-state index in [0.29, 0.717) is 5.92 Å². The van der Waals surface area contributed by atoms with Gasteiger partial charge in [-0.15, -0.1) is 0 Å². The lowest BCUT2D eigenvalue weighted by atomic mass is 9.89. The SMILES string of the molecule is CCC1Cc2ccccc2Sc2ccc(C)cc21. The molecule has 1 aliphatic rings. The van der Waals surface area contributed by atoms with Gasteiger partial charge in [0.15, 0.2) is 0 Å². The van der Waals surface area contributed by atoms with E-state index in [-0.39, 0.29) is 0 Å². The van der Waals surface area contributed by atoms with E-state index in [4.69, 9.17) is 0 Å². The molecule has 0 saturated carbocycles. The lowest BCUT2D eigenvalue weighted by molar-refractivity contribution is 0.647. The summed E-state index contributed by atoms with van der Waals surface area (Å²) in [6.07, 6.45) is 2.39. The van der Waals surface area contributed by atoms with Crippen LogP contribution in [0.25, 0.3) is 0 Å². The molecule has 0 nitrogen and oxygen atoms in total. The number of hydrogen-bond donors (Lipinski definition) is 0. The fourth-order valence-electron chi connectivity index (χ4n) is 2.71. The molecule has 1 aliphatic heterocycles. The zero-order chi connectivity index (χ0) is 12.5. The predicted octanol–water partition coefficient (Wildman–Crippen LogP) is 5.20. The van der Waals surface area contributed by atoms with Crippen LogP contribution in [0.5, 0.6) is 0 Å². The largest absolute Gasteiger partial charge is 0.0895 e. The highest BCUT2D eigenvalue weighted by atomic mass is 32.2. The Labute approximate surface area is 113 Å². The van der Waals surface area contributed by atoms with E-state index in [2.05, 4.69) is 56.3 Å². The van der Waals surface area contributed by atoms with Crippen LogP contribution in [0.2, 0.25) is 0 Å². The van der Waals surface area contributed by atoms with Gasteiger partial charge in [-0.2, -0.15) is 0 Å². The van der Waals surface area contributed by atoms with Crippen LogP contribution in [-0.4, -0.2) is 0 Å². The molecule has 1 atom stereocenters. The van der Waals surface area contributed by atoms with E-state index >= 15 is 0 Å². The minimum Gasteiger partial charge on any atom is -0.0895 e. The molecule has 0 bridgehead atoms. The summed E-state index contributed by atoms with van der Waals surface area (Å²) in [5, 5.41) is 0. The Kier molecular flexibility index (Phi) is 3.17. The molecule has 2 aromatic carbocycles. The fraction of sp³-hybridized carbons (Fsp3) is 0.294. The maximum atomic E-state index is 2.38. The van der Waals surface area contributed by atoms with Gasteiger partial charge in [0.2, 0.25) is 0 Å². The van der Waals surface area contributed by atoms with E-state index in [1.165, 1.54) is 33.8 Å². The first-order valence-electron chi connectivity index (χ1n) is 6.64. The van der Waals surface area contributed by atoms with Crippen LogP contribution in [0.4, 0.5) is 0 Å². The molecule has 18 heavy (non-hydrogen) atoms. The Balaban J connectivity index is 2.14. The first kappa shape index (κ1) is 11.9. The van der Waals surface area contributed by atoms with E-state index < -0.39 is 0 Å². The van der Waals surface area contributed by atoms with Crippen molar-refractivity contribution in [2.24, 2.45) is 0 Å². The van der Waals surface area contributed by atoms with Crippen LogP contribution >= 0.6 is 11.8 Å². The third-order valence-corrected chi connectivity index (χ3v) is 4.97. The highest BCUT2D eigenvalue weighted by Crippen LogP contribution is 2.42. The molecule has 92 valence electrons. The third kappa shape index (κ3) is 2.08. The summed E-state index contributed by atoms with van der Waals surface area (Å²) in [6.45, 7) is 4.49. The Morgan fingerprint density at radius 1 is 1.11 bits per heavy atom. The molecular formula is C17H18S. The molecule has 3 rings (SSSR count). The standard InChI is InChI=1S/C17H18S/c1-3-13-11-14-6-4-5-7-16(14)18-17-9-8-12(2)10-15(13)17/h4-10,13H,3,11H2,1-2H3. The maximum Gasteiger partial charge on any atom is 0.0157 e. The summed E-state index contributed by atoms with van der Waals surface area (Å²) in [6, 6.07) is 15.7. The molecule has 1 unspecified atom stereocenters. The second-order valence-electron chi connectivity index (χ2n) is 5.06. The van der Waals surface area contributed by atoms with Gasteiger partial charge < -0.3 is 0 Å². The second-order valence-corrected chi connectivity index (χ2v) is 6.14. The predicted molar refractivity (Wildman–Crippen MR) is 78.5 cm³/mol. The van der Waals surface area contributed by atoms with Crippen LogP contribution in [-0.2, 0) is 6.42 Å². The van der Waals surface area contributed by atoms with Gasteiger partial charge >= 0.3 is 0 Å². The summed E-state index contributed by atoms with van der Waals surface area (Å²) in [4.78, 5) is 2.87. The minimum atomic E-state index is 0.663. The Morgan fingerprint density at radius 3 is 2.78 bits per heavy atom. The van der Waals surface area contributed by atoms with Crippen molar-refractivity contribution in [3.05, 3.63) is 59.2 Å². The van der Waals surface area contributed by atoms with E-state index in [1.54, 1.807) is 5.56 Å². The summed E-state index contributed by atoms with van der Waals surface area (Å²) in [5.74, 6) is 0.663. The number of hydrogen-bond acceptors (Lipinski definition) is 1. The number of benzene rings is 2. The van der Waals surface area contributed by atoms with Crippen LogP contribution in [0.3, 0.4) is 0 Å². The summed E-state index contributed by atoms with van der Waals surface area (Å²) in [5.41, 5.74) is 4.42. The van der Waals surface area contributed by atoms with Crippen LogP contribution in [0, 0.1) is 6.92 Å². The fourth-order valence-corrected chi connectivity index (χ4v) is 3.86. The van der Waals surface area contributed by atoms with Crippen molar-refractivity contribution < 1.29 is 0 Å². The molecule has 0 fully saturated rings. The molecule has 0 saturated heterocycles. The van der Waals surface area contributed by atoms with Crippen molar-refractivity contribution >= 4 is 11.8 Å². The Bertz CT molecular complexity index is 572. The van der Waals surface area contributed by atoms with Crippen molar-refractivity contribution in [3.8, 4) is 0 Å². The molecular weight excluding hydrogens is 236 g/mol. The van der Waals surface area contributed by atoms with Gasteiger partial charge in [0, 0.05) is 9.79 Å². The van der Waals surface area contributed by atoms with Crippen molar-refractivity contribution in [1.29, 1.82) is 0 Å². The number of fused-ring (bicyclic) bond motifs is 2. The number of rotatable bonds is 1. The average molecular weight is 254 g/mol. The lowest BCUT2D eigenvalue weighted by Crippen LogP contribution is -2.02. The molecule has 1 heterocycles. The van der Waals surface area contributed by atoms with Gasteiger partial charge in [-0.05, 0) is 48.9 Å². The lowest BCUT2D eigenvalue weighted by Gasteiger charge is -2.16. The molecule has 2 aromatic rings. The van der Waals surface area contributed by atoms with E-state index in [0.717, 1.165) is 0 Å². The summed E-state index contributed by atoms with van der Waals surface area (Å²) >= 11 is 1.93. The van der Waals surface area contributed by atoms with Gasteiger partial charge in [0.1, 0.15) is 0 Å². The van der Waals surface area contributed by atoms with Gasteiger partial charge in [-0.1, -0.05) is 54.6 Å². The highest BCUT2D eigenvalue weighted by molar-refractivity contribution is 7.99. The third-order valence-electron chi connectivity index (χ3n) is 3.76. The van der Waals surface area contributed by atoms with Gasteiger partial charge in [0.05, 0.1) is 0 Å². The molecule has 0 spiro atoms. The van der Waals surface area contributed by atoms with Crippen LogP contribution < -0.4 is 0 Å². The van der Waals surface area contributed by atoms with E-state index in [9.17, 15) is 0 Å². The summed E-state index contributed by atoms with van der Waals surface area (Å²) < 4.78 is 0. The molecule has 0 aromatic heterocycles. The zero-order valence-corrected chi connectivity index (χ0v) is 11.8. The maximum absolute atomic E-state index is 2.38. The minimum absolute atomic E-state index is 0.663.